The summed E-state index contributed by atoms with van der Waals surface area (Å²) >= 11 is 0. The molecule has 2 aliphatic heterocycles. The number of morpholine rings is 1. The van der Waals surface area contributed by atoms with Crippen molar-refractivity contribution in [2.75, 3.05) is 52.6 Å². The number of hydrogen-bond donors (Lipinski definition) is 2. The molecule has 0 aromatic heterocycles. The van der Waals surface area contributed by atoms with Crippen LogP contribution in [0.4, 0.5) is 0 Å². The summed E-state index contributed by atoms with van der Waals surface area (Å²) in [6.45, 7) is 8.86. The fourth-order valence-corrected chi connectivity index (χ4v) is 4.94. The summed E-state index contributed by atoms with van der Waals surface area (Å²) < 4.78 is 16.8. The first-order valence-corrected chi connectivity index (χ1v) is 13.7. The number of ether oxygens (including phenoxy) is 3. The Morgan fingerprint density at radius 2 is 1.82 bits per heavy atom. The summed E-state index contributed by atoms with van der Waals surface area (Å²) in [6.07, 6.45) is 2.54. The van der Waals surface area contributed by atoms with E-state index in [0.717, 1.165) is 32.5 Å². The van der Waals surface area contributed by atoms with Crippen LogP contribution < -0.4 is 9.47 Å². The van der Waals surface area contributed by atoms with Gasteiger partial charge in [-0.3, -0.25) is 14.5 Å². The molecule has 4 rings (SSSR count). The van der Waals surface area contributed by atoms with E-state index in [1.54, 1.807) is 43.3 Å². The number of benzene rings is 2. The van der Waals surface area contributed by atoms with Crippen molar-refractivity contribution < 1.29 is 34.0 Å². The minimum Gasteiger partial charge on any atom is -0.507 e. The summed E-state index contributed by atoms with van der Waals surface area (Å²) in [6, 6.07) is 10.8. The van der Waals surface area contributed by atoms with Crippen molar-refractivity contribution in [3.63, 3.8) is 0 Å². The van der Waals surface area contributed by atoms with Crippen molar-refractivity contribution in [1.82, 2.24) is 9.80 Å². The lowest BCUT2D eigenvalue weighted by molar-refractivity contribution is -0.140. The van der Waals surface area contributed by atoms with Gasteiger partial charge in [0.1, 0.15) is 11.5 Å². The highest BCUT2D eigenvalue weighted by atomic mass is 16.5. The van der Waals surface area contributed by atoms with Gasteiger partial charge < -0.3 is 29.3 Å². The van der Waals surface area contributed by atoms with Gasteiger partial charge in [0.25, 0.3) is 11.7 Å². The molecule has 0 bridgehead atoms. The number of carbonyl (C=O) groups is 2. The molecule has 2 fully saturated rings. The Morgan fingerprint density at radius 3 is 2.56 bits per heavy atom. The fraction of sp³-hybridized carbons (Fsp3) is 0.467. The number of amides is 1. The minimum atomic E-state index is -0.834. The average molecular weight is 539 g/mol. The lowest BCUT2D eigenvalue weighted by atomic mass is 9.95. The predicted octanol–water partition coefficient (Wildman–Crippen LogP) is 4.11. The van der Waals surface area contributed by atoms with Crippen LogP contribution >= 0.6 is 0 Å². The number of aliphatic hydroxyl groups excluding tert-OH is 1. The third-order valence-corrected chi connectivity index (χ3v) is 6.99. The molecule has 2 heterocycles. The zero-order valence-electron chi connectivity index (χ0n) is 22.7. The van der Waals surface area contributed by atoms with Gasteiger partial charge in [0.15, 0.2) is 11.5 Å². The first kappa shape index (κ1) is 28.4. The van der Waals surface area contributed by atoms with E-state index in [4.69, 9.17) is 14.2 Å². The maximum Gasteiger partial charge on any atom is 0.295 e. The number of aromatic hydroxyl groups is 1. The molecule has 0 aliphatic carbocycles. The van der Waals surface area contributed by atoms with Crippen molar-refractivity contribution in [2.24, 2.45) is 0 Å². The second kappa shape index (κ2) is 13.5. The van der Waals surface area contributed by atoms with E-state index < -0.39 is 17.7 Å². The molecule has 0 radical (unpaired) electrons. The molecular weight excluding hydrogens is 500 g/mol. The van der Waals surface area contributed by atoms with Gasteiger partial charge in [-0.1, -0.05) is 31.5 Å². The topological polar surface area (TPSA) is 109 Å². The molecule has 1 unspecified atom stereocenters. The van der Waals surface area contributed by atoms with Gasteiger partial charge in [-0.15, -0.1) is 0 Å². The van der Waals surface area contributed by atoms with E-state index in [1.807, 2.05) is 0 Å². The minimum absolute atomic E-state index is 0.00483. The number of nitrogens with zero attached hydrogens (tertiary/aromatic N) is 2. The van der Waals surface area contributed by atoms with Crippen LogP contribution in [0, 0.1) is 0 Å². The van der Waals surface area contributed by atoms with E-state index in [0.29, 0.717) is 56.3 Å². The van der Waals surface area contributed by atoms with Gasteiger partial charge >= 0.3 is 0 Å². The summed E-state index contributed by atoms with van der Waals surface area (Å²) in [5.41, 5.74) is 0.966. The van der Waals surface area contributed by atoms with Crippen molar-refractivity contribution in [2.45, 2.75) is 39.2 Å². The molecule has 2 aromatic carbocycles. The number of aliphatic hydroxyl groups is 1. The highest BCUT2D eigenvalue weighted by Crippen LogP contribution is 2.42. The summed E-state index contributed by atoms with van der Waals surface area (Å²) in [4.78, 5) is 30.5. The number of Topliss-reactive ketones (excluding diaryl/α,β-unsaturated/α-hetero) is 1. The molecule has 9 nitrogen and oxygen atoms in total. The highest BCUT2D eigenvalue weighted by Gasteiger charge is 2.46. The Balaban J connectivity index is 1.69. The summed E-state index contributed by atoms with van der Waals surface area (Å²) in [5, 5.41) is 21.7. The Hall–Kier alpha value is -3.56. The number of carbonyl (C=O) groups excluding carboxylic acids is 2. The van der Waals surface area contributed by atoms with Crippen molar-refractivity contribution in [1.29, 1.82) is 0 Å². The summed E-state index contributed by atoms with van der Waals surface area (Å²) in [7, 11) is 0. The Bertz CT molecular complexity index is 1190. The Kier molecular flexibility index (Phi) is 9.84. The number of phenolic OH excluding ortho intramolecular Hbond substituents is 1. The number of phenols is 1. The molecule has 2 saturated heterocycles. The normalized spacial score (nSPS) is 19.4. The van der Waals surface area contributed by atoms with Crippen LogP contribution in [0.5, 0.6) is 17.2 Å². The van der Waals surface area contributed by atoms with E-state index in [-0.39, 0.29) is 22.8 Å². The van der Waals surface area contributed by atoms with Crippen LogP contribution in [0.3, 0.4) is 0 Å². The number of rotatable bonds is 12. The van der Waals surface area contributed by atoms with E-state index in [2.05, 4.69) is 11.8 Å². The summed E-state index contributed by atoms with van der Waals surface area (Å²) in [5.74, 6) is -0.882. The maximum atomic E-state index is 13.4. The third-order valence-electron chi connectivity index (χ3n) is 6.99. The maximum absolute atomic E-state index is 13.4. The SMILES string of the molecule is CCCCOc1cccc(C(O)=C2C(=O)C(=O)N(CCCN3CCOCC3)C2c2ccc(O)c(OCC)c2)c1. The first-order chi connectivity index (χ1) is 18.9. The molecule has 0 spiro atoms. The number of ketones is 1. The molecule has 2 N–H and O–H groups in total. The molecule has 2 aromatic rings. The quantitative estimate of drug-likeness (QED) is 0.180. The molecule has 210 valence electrons. The lowest BCUT2D eigenvalue weighted by Gasteiger charge is -2.29. The second-order valence-corrected chi connectivity index (χ2v) is 9.69. The van der Waals surface area contributed by atoms with Crippen LogP contribution in [0.15, 0.2) is 48.0 Å². The molecule has 1 amide bonds. The van der Waals surface area contributed by atoms with Crippen LogP contribution in [-0.2, 0) is 14.3 Å². The van der Waals surface area contributed by atoms with Crippen molar-refractivity contribution >= 4 is 17.4 Å². The lowest BCUT2D eigenvalue weighted by Crippen LogP contribution is -2.38. The average Bonchev–Trinajstić information content (AvgIpc) is 3.20. The van der Waals surface area contributed by atoms with Gasteiger partial charge in [-0.2, -0.15) is 0 Å². The number of hydrogen-bond acceptors (Lipinski definition) is 8. The van der Waals surface area contributed by atoms with Crippen molar-refractivity contribution in [3.8, 4) is 17.2 Å². The molecule has 1 atom stereocenters. The van der Waals surface area contributed by atoms with Gasteiger partial charge in [0.2, 0.25) is 0 Å². The number of unbranched alkanes of at least 4 members (excludes halogenated alkanes) is 1. The van der Waals surface area contributed by atoms with Crippen LogP contribution in [-0.4, -0.2) is 84.3 Å². The van der Waals surface area contributed by atoms with Crippen molar-refractivity contribution in [3.05, 3.63) is 59.2 Å². The van der Waals surface area contributed by atoms with Crippen LogP contribution in [0.2, 0.25) is 0 Å². The highest BCUT2D eigenvalue weighted by molar-refractivity contribution is 6.46. The molecule has 39 heavy (non-hydrogen) atoms. The third kappa shape index (κ3) is 6.72. The first-order valence-electron chi connectivity index (χ1n) is 13.7. The largest absolute Gasteiger partial charge is 0.507 e. The molecular formula is C30H38N2O7. The Morgan fingerprint density at radius 1 is 1.03 bits per heavy atom. The number of likely N-dealkylation sites (tertiary alicyclic amines) is 1. The predicted molar refractivity (Wildman–Crippen MR) is 147 cm³/mol. The Labute approximate surface area is 229 Å². The molecule has 0 saturated carbocycles. The van der Waals surface area contributed by atoms with E-state index in [1.165, 1.54) is 11.0 Å². The van der Waals surface area contributed by atoms with Gasteiger partial charge in [0.05, 0.1) is 38.0 Å². The fourth-order valence-electron chi connectivity index (χ4n) is 4.94. The van der Waals surface area contributed by atoms with E-state index in [9.17, 15) is 19.8 Å². The van der Waals surface area contributed by atoms with Gasteiger partial charge in [-0.25, -0.2) is 0 Å². The van der Waals surface area contributed by atoms with Crippen LogP contribution in [0.1, 0.15) is 50.3 Å². The van der Waals surface area contributed by atoms with Crippen LogP contribution in [0.25, 0.3) is 5.76 Å². The molecule has 9 heteroatoms. The van der Waals surface area contributed by atoms with Gasteiger partial charge in [0, 0.05) is 31.7 Å². The zero-order chi connectivity index (χ0) is 27.8. The zero-order valence-corrected chi connectivity index (χ0v) is 22.7. The van der Waals surface area contributed by atoms with Gasteiger partial charge in [-0.05, 0) is 49.6 Å². The molecule has 2 aliphatic rings. The smallest absolute Gasteiger partial charge is 0.295 e. The standard InChI is InChI=1S/C30H38N2O7/c1-3-5-16-39-23-9-6-8-22(19-23)28(34)26-27(21-10-11-24(33)25(20-21)38-4-2)32(30(36)29(26)35)13-7-12-31-14-17-37-18-15-31/h6,8-11,19-20,27,33-34H,3-5,7,12-18H2,1-2H3. The monoisotopic (exact) mass is 538 g/mol. The van der Waals surface area contributed by atoms with E-state index >= 15 is 0 Å². The second-order valence-electron chi connectivity index (χ2n) is 9.69.